The number of hydrogen-bond donors (Lipinski definition) is 1. The molecular formula is C13H19NO2. The summed E-state index contributed by atoms with van der Waals surface area (Å²) in [5.41, 5.74) is -0.655. The van der Waals surface area contributed by atoms with Crippen LogP contribution in [0.2, 0.25) is 0 Å². The number of aliphatic hydroxyl groups is 1. The molecule has 0 aromatic carbocycles. The molecule has 1 heterocycles. The number of hydrogen-bond acceptors (Lipinski definition) is 2. The molecule has 1 N–H and O–H groups in total. The second-order valence-electron chi connectivity index (χ2n) is 5.13. The van der Waals surface area contributed by atoms with Gasteiger partial charge in [0.25, 0.3) is 0 Å². The molecule has 0 bridgehead atoms. The SMILES string of the molecule is C#CC1CC(=O)N(CC2(O)CCCCC2)C1. The van der Waals surface area contributed by atoms with Crippen molar-refractivity contribution in [2.24, 2.45) is 5.92 Å². The topological polar surface area (TPSA) is 40.5 Å². The average Bonchev–Trinajstić information content (AvgIpc) is 2.60. The average molecular weight is 221 g/mol. The van der Waals surface area contributed by atoms with Gasteiger partial charge in [0.1, 0.15) is 0 Å². The van der Waals surface area contributed by atoms with Gasteiger partial charge in [-0.25, -0.2) is 0 Å². The maximum absolute atomic E-state index is 11.7. The Hall–Kier alpha value is -1.01. The van der Waals surface area contributed by atoms with E-state index in [1.165, 1.54) is 6.42 Å². The normalized spacial score (nSPS) is 29.1. The first kappa shape index (κ1) is 11.5. The van der Waals surface area contributed by atoms with Crippen molar-refractivity contribution in [1.82, 2.24) is 4.90 Å². The summed E-state index contributed by atoms with van der Waals surface area (Å²) in [5.74, 6) is 2.77. The number of carbonyl (C=O) groups excluding carboxylic acids is 1. The quantitative estimate of drug-likeness (QED) is 0.711. The molecule has 1 aliphatic heterocycles. The van der Waals surface area contributed by atoms with E-state index in [1.54, 1.807) is 4.90 Å². The smallest absolute Gasteiger partial charge is 0.224 e. The van der Waals surface area contributed by atoms with E-state index in [-0.39, 0.29) is 11.8 Å². The number of nitrogens with zero attached hydrogens (tertiary/aromatic N) is 1. The van der Waals surface area contributed by atoms with Gasteiger partial charge in [0, 0.05) is 25.4 Å². The van der Waals surface area contributed by atoms with Gasteiger partial charge in [-0.15, -0.1) is 12.3 Å². The van der Waals surface area contributed by atoms with Crippen LogP contribution in [-0.2, 0) is 4.79 Å². The lowest BCUT2D eigenvalue weighted by molar-refractivity contribution is -0.131. The van der Waals surface area contributed by atoms with Crippen molar-refractivity contribution in [3.8, 4) is 12.3 Å². The minimum Gasteiger partial charge on any atom is -0.388 e. The Labute approximate surface area is 96.8 Å². The summed E-state index contributed by atoms with van der Waals surface area (Å²) in [6.07, 6.45) is 10.7. The van der Waals surface area contributed by atoms with Crippen LogP contribution in [0.1, 0.15) is 38.5 Å². The van der Waals surface area contributed by atoms with Crippen LogP contribution < -0.4 is 0 Å². The highest BCUT2D eigenvalue weighted by Crippen LogP contribution is 2.30. The fourth-order valence-corrected chi connectivity index (χ4v) is 2.76. The van der Waals surface area contributed by atoms with Crippen LogP contribution in [0, 0.1) is 18.3 Å². The molecule has 3 heteroatoms. The standard InChI is InChI=1S/C13H19NO2/c1-2-11-8-12(15)14(9-11)10-13(16)6-4-3-5-7-13/h1,11,16H,3-10H2. The summed E-state index contributed by atoms with van der Waals surface area (Å²) in [6.45, 7) is 1.10. The molecule has 0 radical (unpaired) electrons. The molecule has 0 spiro atoms. The second kappa shape index (κ2) is 4.47. The maximum Gasteiger partial charge on any atom is 0.224 e. The van der Waals surface area contributed by atoms with Crippen LogP contribution >= 0.6 is 0 Å². The summed E-state index contributed by atoms with van der Waals surface area (Å²) >= 11 is 0. The van der Waals surface area contributed by atoms with Crippen LogP contribution in [-0.4, -0.2) is 34.6 Å². The van der Waals surface area contributed by atoms with E-state index in [2.05, 4.69) is 5.92 Å². The molecule has 88 valence electrons. The van der Waals surface area contributed by atoms with Crippen molar-refractivity contribution < 1.29 is 9.90 Å². The molecule has 1 saturated carbocycles. The van der Waals surface area contributed by atoms with Crippen LogP contribution in [0.3, 0.4) is 0 Å². The summed E-state index contributed by atoms with van der Waals surface area (Å²) in [4.78, 5) is 13.4. The first-order valence-corrected chi connectivity index (χ1v) is 6.09. The Kier molecular flexibility index (Phi) is 3.20. The van der Waals surface area contributed by atoms with Crippen molar-refractivity contribution in [2.45, 2.75) is 44.1 Å². The maximum atomic E-state index is 11.7. The van der Waals surface area contributed by atoms with Gasteiger partial charge in [-0.3, -0.25) is 4.79 Å². The molecule has 1 aliphatic carbocycles. The third kappa shape index (κ3) is 2.38. The van der Waals surface area contributed by atoms with Gasteiger partial charge in [0.15, 0.2) is 0 Å². The summed E-state index contributed by atoms with van der Waals surface area (Å²) < 4.78 is 0. The Morgan fingerprint density at radius 2 is 2.12 bits per heavy atom. The highest BCUT2D eigenvalue weighted by Gasteiger charge is 2.36. The number of β-amino-alcohol motifs (C(OH)–C–C–N with tert-alkyl or cyclic N) is 1. The van der Waals surface area contributed by atoms with E-state index in [0.717, 1.165) is 25.7 Å². The van der Waals surface area contributed by atoms with E-state index < -0.39 is 5.60 Å². The third-order valence-corrected chi connectivity index (χ3v) is 3.72. The molecular weight excluding hydrogens is 202 g/mol. The summed E-state index contributed by atoms with van der Waals surface area (Å²) in [5, 5.41) is 10.4. The van der Waals surface area contributed by atoms with Gasteiger partial charge in [-0.2, -0.15) is 0 Å². The van der Waals surface area contributed by atoms with E-state index in [0.29, 0.717) is 19.5 Å². The fraction of sp³-hybridized carbons (Fsp3) is 0.769. The Morgan fingerprint density at radius 1 is 1.44 bits per heavy atom. The fourth-order valence-electron chi connectivity index (χ4n) is 2.76. The number of rotatable bonds is 2. The minimum absolute atomic E-state index is 0.0414. The van der Waals surface area contributed by atoms with Crippen molar-refractivity contribution in [1.29, 1.82) is 0 Å². The Balaban J connectivity index is 1.94. The number of carbonyl (C=O) groups is 1. The molecule has 1 unspecified atom stereocenters. The molecule has 1 saturated heterocycles. The minimum atomic E-state index is -0.655. The highest BCUT2D eigenvalue weighted by atomic mass is 16.3. The molecule has 0 aromatic rings. The highest BCUT2D eigenvalue weighted by molar-refractivity contribution is 5.79. The lowest BCUT2D eigenvalue weighted by atomic mass is 9.84. The van der Waals surface area contributed by atoms with Crippen molar-refractivity contribution in [2.75, 3.05) is 13.1 Å². The molecule has 2 fully saturated rings. The molecule has 16 heavy (non-hydrogen) atoms. The predicted octanol–water partition coefficient (Wildman–Crippen LogP) is 1.16. The van der Waals surface area contributed by atoms with Crippen LogP contribution in [0.15, 0.2) is 0 Å². The van der Waals surface area contributed by atoms with Crippen LogP contribution in [0.4, 0.5) is 0 Å². The molecule has 1 amide bonds. The lowest BCUT2D eigenvalue weighted by Gasteiger charge is -2.35. The molecule has 3 nitrogen and oxygen atoms in total. The Bertz CT molecular complexity index is 312. The van der Waals surface area contributed by atoms with Crippen molar-refractivity contribution in [3.63, 3.8) is 0 Å². The zero-order valence-corrected chi connectivity index (χ0v) is 9.61. The van der Waals surface area contributed by atoms with E-state index in [4.69, 9.17) is 6.42 Å². The third-order valence-electron chi connectivity index (χ3n) is 3.72. The first-order valence-electron chi connectivity index (χ1n) is 6.09. The second-order valence-corrected chi connectivity index (χ2v) is 5.13. The first-order chi connectivity index (χ1) is 7.63. The van der Waals surface area contributed by atoms with Gasteiger partial charge in [0.05, 0.1) is 5.60 Å². The van der Waals surface area contributed by atoms with Gasteiger partial charge in [-0.05, 0) is 12.8 Å². The van der Waals surface area contributed by atoms with Crippen molar-refractivity contribution in [3.05, 3.63) is 0 Å². The zero-order valence-electron chi connectivity index (χ0n) is 9.61. The number of terminal acetylenes is 1. The summed E-state index contributed by atoms with van der Waals surface area (Å²) in [7, 11) is 0. The van der Waals surface area contributed by atoms with Gasteiger partial charge < -0.3 is 10.0 Å². The number of amides is 1. The van der Waals surface area contributed by atoms with Gasteiger partial charge >= 0.3 is 0 Å². The lowest BCUT2D eigenvalue weighted by Crippen LogP contribution is -2.45. The van der Waals surface area contributed by atoms with Gasteiger partial charge in [0.2, 0.25) is 5.91 Å². The molecule has 1 atom stereocenters. The molecule has 2 rings (SSSR count). The predicted molar refractivity (Wildman–Crippen MR) is 61.6 cm³/mol. The van der Waals surface area contributed by atoms with Crippen LogP contribution in [0.25, 0.3) is 0 Å². The van der Waals surface area contributed by atoms with E-state index >= 15 is 0 Å². The number of likely N-dealkylation sites (tertiary alicyclic amines) is 1. The van der Waals surface area contributed by atoms with Crippen molar-refractivity contribution >= 4 is 5.91 Å². The largest absolute Gasteiger partial charge is 0.388 e. The van der Waals surface area contributed by atoms with Gasteiger partial charge in [-0.1, -0.05) is 19.3 Å². The summed E-state index contributed by atoms with van der Waals surface area (Å²) in [6, 6.07) is 0. The zero-order chi connectivity index (χ0) is 11.6. The van der Waals surface area contributed by atoms with E-state index in [9.17, 15) is 9.90 Å². The molecule has 0 aromatic heterocycles. The monoisotopic (exact) mass is 221 g/mol. The molecule has 2 aliphatic rings. The Morgan fingerprint density at radius 3 is 2.69 bits per heavy atom. The van der Waals surface area contributed by atoms with Crippen LogP contribution in [0.5, 0.6) is 0 Å². The van der Waals surface area contributed by atoms with E-state index in [1.807, 2.05) is 0 Å².